The predicted octanol–water partition coefficient (Wildman–Crippen LogP) is 2.58. The molecule has 1 fully saturated rings. The molecule has 1 aliphatic heterocycles. The lowest BCUT2D eigenvalue weighted by Crippen LogP contribution is -3.15. The number of benzene rings is 2. The molecule has 1 heterocycles. The molecule has 0 aliphatic carbocycles. The number of hydrogen-bond acceptors (Lipinski definition) is 3. The van der Waals surface area contributed by atoms with Crippen LogP contribution in [0, 0.1) is 0 Å². The van der Waals surface area contributed by atoms with Crippen LogP contribution in [-0.2, 0) is 4.79 Å². The minimum atomic E-state index is -4.73. The van der Waals surface area contributed by atoms with E-state index in [1.54, 1.807) is 0 Å². The number of rotatable bonds is 5. The summed E-state index contributed by atoms with van der Waals surface area (Å²) < 4.78 is 40.3. The number of alkyl halides is 3. The number of nitrogens with one attached hydrogen (secondary N) is 2. The van der Waals surface area contributed by atoms with Gasteiger partial charge in [0.25, 0.3) is 5.91 Å². The number of ether oxygens (including phenoxy) is 1. The Bertz CT molecular complexity index is 790. The second-order valence-electron chi connectivity index (χ2n) is 6.51. The number of piperazine rings is 1. The number of carbonyl (C=O) groups excluding carboxylic acids is 1. The van der Waals surface area contributed by atoms with E-state index in [2.05, 4.69) is 15.0 Å². The maximum Gasteiger partial charge on any atom is 0.573 e. The van der Waals surface area contributed by atoms with Gasteiger partial charge in [-0.25, -0.2) is 0 Å². The van der Waals surface area contributed by atoms with E-state index in [0.29, 0.717) is 17.3 Å². The van der Waals surface area contributed by atoms with Crippen molar-refractivity contribution in [2.75, 3.05) is 42.9 Å². The van der Waals surface area contributed by atoms with Crippen molar-refractivity contribution in [3.8, 4) is 5.75 Å². The summed E-state index contributed by atoms with van der Waals surface area (Å²) in [5.74, 6) is -0.506. The van der Waals surface area contributed by atoms with Crippen molar-refractivity contribution in [1.82, 2.24) is 0 Å². The van der Waals surface area contributed by atoms with Gasteiger partial charge in [0.15, 0.2) is 6.54 Å². The standard InChI is InChI=1S/C19H19ClF3N3O2/c20-14-1-5-16(6-2-14)26-11-9-25(10-12-26)13-18(27)24-15-3-7-17(8-4-15)28-19(21,22)23/h1-8H,9-13H2,(H,24,27)/p+1. The van der Waals surface area contributed by atoms with Gasteiger partial charge in [0.1, 0.15) is 5.75 Å². The Morgan fingerprint density at radius 3 is 2.25 bits per heavy atom. The number of quaternary nitrogens is 1. The summed E-state index contributed by atoms with van der Waals surface area (Å²) >= 11 is 5.91. The van der Waals surface area contributed by atoms with Crippen LogP contribution >= 0.6 is 11.6 Å². The molecule has 2 N–H and O–H groups in total. The molecule has 0 saturated carbocycles. The second-order valence-corrected chi connectivity index (χ2v) is 6.95. The van der Waals surface area contributed by atoms with Crippen molar-refractivity contribution in [2.45, 2.75) is 6.36 Å². The lowest BCUT2D eigenvalue weighted by Gasteiger charge is -2.33. The molecule has 2 aromatic rings. The fourth-order valence-corrected chi connectivity index (χ4v) is 3.21. The van der Waals surface area contributed by atoms with Crippen LogP contribution in [0.2, 0.25) is 5.02 Å². The first kappa shape index (κ1) is 20.3. The van der Waals surface area contributed by atoms with Gasteiger partial charge in [-0.05, 0) is 48.5 Å². The Labute approximate surface area is 165 Å². The van der Waals surface area contributed by atoms with Gasteiger partial charge < -0.3 is 19.9 Å². The summed E-state index contributed by atoms with van der Waals surface area (Å²) in [5.41, 5.74) is 1.53. The fourth-order valence-electron chi connectivity index (χ4n) is 3.08. The normalized spacial score (nSPS) is 15.4. The summed E-state index contributed by atoms with van der Waals surface area (Å²) in [6.45, 7) is 3.58. The monoisotopic (exact) mass is 414 g/mol. The van der Waals surface area contributed by atoms with Gasteiger partial charge in [-0.1, -0.05) is 11.6 Å². The zero-order valence-corrected chi connectivity index (χ0v) is 15.7. The van der Waals surface area contributed by atoms with Gasteiger partial charge >= 0.3 is 6.36 Å². The van der Waals surface area contributed by atoms with Gasteiger partial charge in [-0.3, -0.25) is 4.79 Å². The SMILES string of the molecule is O=C(C[NH+]1CCN(c2ccc(Cl)cc2)CC1)Nc1ccc(OC(F)(F)F)cc1. The third kappa shape index (κ3) is 6.03. The van der Waals surface area contributed by atoms with Crippen molar-refractivity contribution in [3.05, 3.63) is 53.6 Å². The van der Waals surface area contributed by atoms with Gasteiger partial charge in [-0.2, -0.15) is 0 Å². The number of halogens is 4. The number of carbonyl (C=O) groups is 1. The van der Waals surface area contributed by atoms with Crippen LogP contribution in [0.25, 0.3) is 0 Å². The molecule has 28 heavy (non-hydrogen) atoms. The topological polar surface area (TPSA) is 46.0 Å². The summed E-state index contributed by atoms with van der Waals surface area (Å²) in [4.78, 5) is 15.6. The van der Waals surface area contributed by atoms with E-state index in [4.69, 9.17) is 11.6 Å². The van der Waals surface area contributed by atoms with E-state index in [-0.39, 0.29) is 11.7 Å². The highest BCUT2D eigenvalue weighted by molar-refractivity contribution is 6.30. The van der Waals surface area contributed by atoms with E-state index in [9.17, 15) is 18.0 Å². The second kappa shape index (κ2) is 8.70. The Hall–Kier alpha value is -2.45. The van der Waals surface area contributed by atoms with E-state index in [1.807, 2.05) is 24.3 Å². The Balaban J connectivity index is 1.45. The minimum Gasteiger partial charge on any atom is -0.406 e. The quantitative estimate of drug-likeness (QED) is 0.790. The Morgan fingerprint density at radius 1 is 1.07 bits per heavy atom. The van der Waals surface area contributed by atoms with Crippen molar-refractivity contribution in [3.63, 3.8) is 0 Å². The van der Waals surface area contributed by atoms with Crippen molar-refractivity contribution in [1.29, 1.82) is 0 Å². The van der Waals surface area contributed by atoms with Crippen LogP contribution in [0.4, 0.5) is 24.5 Å². The highest BCUT2D eigenvalue weighted by atomic mass is 35.5. The molecule has 0 radical (unpaired) electrons. The van der Waals surface area contributed by atoms with Crippen molar-refractivity contribution >= 4 is 28.9 Å². The van der Waals surface area contributed by atoms with Crippen LogP contribution in [0.3, 0.4) is 0 Å². The van der Waals surface area contributed by atoms with Crippen LogP contribution in [0.1, 0.15) is 0 Å². The zero-order chi connectivity index (χ0) is 20.1. The molecule has 1 aliphatic rings. The molecule has 0 unspecified atom stereocenters. The summed E-state index contributed by atoms with van der Waals surface area (Å²) in [6.07, 6.45) is -4.73. The smallest absolute Gasteiger partial charge is 0.406 e. The first-order valence-electron chi connectivity index (χ1n) is 8.78. The number of anilines is 2. The first-order chi connectivity index (χ1) is 13.3. The number of hydrogen-bond donors (Lipinski definition) is 2. The van der Waals surface area contributed by atoms with E-state index >= 15 is 0 Å². The maximum absolute atomic E-state index is 12.2. The molecule has 2 aromatic carbocycles. The Kier molecular flexibility index (Phi) is 6.31. The lowest BCUT2D eigenvalue weighted by atomic mass is 10.2. The van der Waals surface area contributed by atoms with E-state index in [1.165, 1.54) is 24.3 Å². The molecular formula is C19H20ClF3N3O2+. The molecule has 0 atom stereocenters. The average molecular weight is 415 g/mol. The lowest BCUT2D eigenvalue weighted by molar-refractivity contribution is -0.892. The van der Waals surface area contributed by atoms with Crippen LogP contribution < -0.4 is 19.9 Å². The average Bonchev–Trinajstić information content (AvgIpc) is 2.63. The predicted molar refractivity (Wildman–Crippen MR) is 101 cm³/mol. The molecule has 0 bridgehead atoms. The number of nitrogens with zero attached hydrogens (tertiary/aromatic N) is 1. The summed E-state index contributed by atoms with van der Waals surface area (Å²) in [7, 11) is 0. The minimum absolute atomic E-state index is 0.181. The molecule has 3 rings (SSSR count). The highest BCUT2D eigenvalue weighted by Gasteiger charge is 2.31. The molecule has 1 saturated heterocycles. The highest BCUT2D eigenvalue weighted by Crippen LogP contribution is 2.24. The molecule has 0 spiro atoms. The van der Waals surface area contributed by atoms with Crippen LogP contribution in [0.5, 0.6) is 5.75 Å². The third-order valence-corrected chi connectivity index (χ3v) is 4.70. The Morgan fingerprint density at radius 2 is 1.68 bits per heavy atom. The molecule has 9 heteroatoms. The van der Waals surface area contributed by atoms with Crippen molar-refractivity contribution < 1.29 is 27.6 Å². The number of amides is 1. The first-order valence-corrected chi connectivity index (χ1v) is 9.16. The van der Waals surface area contributed by atoms with Gasteiger partial charge in [-0.15, -0.1) is 13.2 Å². The summed E-state index contributed by atoms with van der Waals surface area (Å²) in [5, 5.41) is 3.40. The van der Waals surface area contributed by atoms with Crippen LogP contribution in [-0.4, -0.2) is 45.0 Å². The molecule has 5 nitrogen and oxygen atoms in total. The molecule has 0 aromatic heterocycles. The molecular weight excluding hydrogens is 395 g/mol. The largest absolute Gasteiger partial charge is 0.573 e. The molecule has 150 valence electrons. The van der Waals surface area contributed by atoms with Gasteiger partial charge in [0.2, 0.25) is 0 Å². The zero-order valence-electron chi connectivity index (χ0n) is 14.9. The maximum atomic E-state index is 12.2. The third-order valence-electron chi connectivity index (χ3n) is 4.44. The molecule has 1 amide bonds. The summed E-state index contributed by atoms with van der Waals surface area (Å²) in [6, 6.07) is 12.8. The van der Waals surface area contributed by atoms with Crippen molar-refractivity contribution in [2.24, 2.45) is 0 Å². The fraction of sp³-hybridized carbons (Fsp3) is 0.316. The van der Waals surface area contributed by atoms with Gasteiger partial charge in [0.05, 0.1) is 26.2 Å². The van der Waals surface area contributed by atoms with E-state index < -0.39 is 6.36 Å². The van der Waals surface area contributed by atoms with E-state index in [0.717, 1.165) is 36.8 Å². The van der Waals surface area contributed by atoms with Crippen LogP contribution in [0.15, 0.2) is 48.5 Å². The van der Waals surface area contributed by atoms with Gasteiger partial charge in [0, 0.05) is 16.4 Å².